The Labute approximate surface area is 127 Å². The molecule has 112 valence electrons. The Bertz CT molecular complexity index is 809. The van der Waals surface area contributed by atoms with E-state index in [0.29, 0.717) is 5.82 Å². The predicted octanol–water partition coefficient (Wildman–Crippen LogP) is 1.21. The molecule has 0 atom stereocenters. The molecule has 7 heteroatoms. The Morgan fingerprint density at radius 2 is 2.05 bits per heavy atom. The first-order valence-electron chi connectivity index (χ1n) is 7.19. The summed E-state index contributed by atoms with van der Waals surface area (Å²) in [4.78, 5) is 11.0. The number of ether oxygens (including phenoxy) is 1. The molecule has 0 spiro atoms. The molecule has 1 aliphatic heterocycles. The fourth-order valence-corrected chi connectivity index (χ4v) is 2.72. The highest BCUT2D eigenvalue weighted by atomic mass is 16.5. The predicted molar refractivity (Wildman–Crippen MR) is 83.7 cm³/mol. The molecule has 1 aliphatic rings. The summed E-state index contributed by atoms with van der Waals surface area (Å²) in [5.41, 5.74) is 9.59. The summed E-state index contributed by atoms with van der Waals surface area (Å²) in [6, 6.07) is 3.78. The van der Waals surface area contributed by atoms with Crippen molar-refractivity contribution < 1.29 is 4.74 Å². The number of nitrogen functional groups attached to an aromatic ring is 1. The van der Waals surface area contributed by atoms with Gasteiger partial charge in [0.05, 0.1) is 13.2 Å². The van der Waals surface area contributed by atoms with E-state index in [1.54, 1.807) is 10.6 Å². The van der Waals surface area contributed by atoms with E-state index in [-0.39, 0.29) is 0 Å². The maximum atomic E-state index is 5.72. The second kappa shape index (κ2) is 5.27. The molecule has 1 fully saturated rings. The Morgan fingerprint density at radius 1 is 1.18 bits per heavy atom. The quantitative estimate of drug-likeness (QED) is 0.765. The average molecular weight is 296 g/mol. The van der Waals surface area contributed by atoms with E-state index in [1.165, 1.54) is 0 Å². The van der Waals surface area contributed by atoms with Gasteiger partial charge in [-0.2, -0.15) is 0 Å². The summed E-state index contributed by atoms with van der Waals surface area (Å²) in [6.07, 6.45) is 7.43. The number of hydrogen-bond donors (Lipinski definition) is 1. The number of morpholine rings is 1. The number of nitrogens with zero attached hydrogens (tertiary/aromatic N) is 5. The van der Waals surface area contributed by atoms with Crippen molar-refractivity contribution in [1.29, 1.82) is 0 Å². The number of nitrogens with two attached hydrogens (primary N) is 1. The van der Waals surface area contributed by atoms with Gasteiger partial charge in [-0.05, 0) is 6.07 Å². The fourth-order valence-electron chi connectivity index (χ4n) is 2.72. The van der Waals surface area contributed by atoms with Crippen LogP contribution in [0.25, 0.3) is 16.8 Å². The van der Waals surface area contributed by atoms with Crippen LogP contribution in [0.2, 0.25) is 0 Å². The zero-order chi connectivity index (χ0) is 14.9. The largest absolute Gasteiger partial charge is 0.382 e. The van der Waals surface area contributed by atoms with Crippen LogP contribution >= 0.6 is 0 Å². The lowest BCUT2D eigenvalue weighted by atomic mass is 10.1. The van der Waals surface area contributed by atoms with Gasteiger partial charge in [0.2, 0.25) is 0 Å². The van der Waals surface area contributed by atoms with Crippen molar-refractivity contribution in [2.75, 3.05) is 36.9 Å². The lowest BCUT2D eigenvalue weighted by molar-refractivity contribution is 0.123. The van der Waals surface area contributed by atoms with Gasteiger partial charge in [-0.1, -0.05) is 0 Å². The van der Waals surface area contributed by atoms with Crippen LogP contribution in [-0.4, -0.2) is 45.9 Å². The smallest absolute Gasteiger partial charge is 0.157 e. The highest BCUT2D eigenvalue weighted by molar-refractivity contribution is 5.77. The standard InChI is InChI=1S/C15H16N6O/c16-14-7-15-18-8-11(10-21(15)19-14)12-9-17-2-1-13(12)20-3-5-22-6-4-20/h1-2,7-10H,3-6H2,(H2,16,19). The van der Waals surface area contributed by atoms with Crippen molar-refractivity contribution in [3.05, 3.63) is 36.9 Å². The summed E-state index contributed by atoms with van der Waals surface area (Å²) in [6.45, 7) is 3.24. The number of pyridine rings is 1. The first kappa shape index (κ1) is 13.0. The van der Waals surface area contributed by atoms with E-state index < -0.39 is 0 Å². The molecule has 0 radical (unpaired) electrons. The van der Waals surface area contributed by atoms with Gasteiger partial charge >= 0.3 is 0 Å². The molecule has 4 rings (SSSR count). The zero-order valence-electron chi connectivity index (χ0n) is 12.0. The first-order valence-corrected chi connectivity index (χ1v) is 7.19. The minimum Gasteiger partial charge on any atom is -0.382 e. The third-order valence-electron chi connectivity index (χ3n) is 3.79. The molecule has 0 unspecified atom stereocenters. The van der Waals surface area contributed by atoms with Gasteiger partial charge in [-0.25, -0.2) is 9.50 Å². The van der Waals surface area contributed by atoms with Gasteiger partial charge in [0, 0.05) is 60.8 Å². The van der Waals surface area contributed by atoms with Crippen molar-refractivity contribution >= 4 is 17.2 Å². The molecular weight excluding hydrogens is 280 g/mol. The van der Waals surface area contributed by atoms with Gasteiger partial charge in [0.1, 0.15) is 5.82 Å². The van der Waals surface area contributed by atoms with E-state index in [9.17, 15) is 0 Å². The molecule has 0 amide bonds. The summed E-state index contributed by atoms with van der Waals surface area (Å²) < 4.78 is 7.12. The Morgan fingerprint density at radius 3 is 2.91 bits per heavy atom. The van der Waals surface area contributed by atoms with E-state index in [0.717, 1.165) is 48.8 Å². The highest BCUT2D eigenvalue weighted by Gasteiger charge is 2.16. The van der Waals surface area contributed by atoms with Gasteiger partial charge in [0.25, 0.3) is 0 Å². The number of hydrogen-bond acceptors (Lipinski definition) is 6. The Hall–Kier alpha value is -2.67. The van der Waals surface area contributed by atoms with Crippen LogP contribution in [0.5, 0.6) is 0 Å². The van der Waals surface area contributed by atoms with Gasteiger partial charge in [-0.3, -0.25) is 4.98 Å². The van der Waals surface area contributed by atoms with Crippen molar-refractivity contribution in [2.45, 2.75) is 0 Å². The molecule has 22 heavy (non-hydrogen) atoms. The number of anilines is 2. The average Bonchev–Trinajstić information content (AvgIpc) is 2.95. The molecule has 0 saturated carbocycles. The lowest BCUT2D eigenvalue weighted by Crippen LogP contribution is -2.36. The Kier molecular flexibility index (Phi) is 3.12. The molecular formula is C15H16N6O. The Balaban J connectivity index is 1.79. The molecule has 0 aliphatic carbocycles. The number of aromatic nitrogens is 4. The topological polar surface area (TPSA) is 81.6 Å². The second-order valence-corrected chi connectivity index (χ2v) is 5.21. The molecule has 0 aromatic carbocycles. The van der Waals surface area contributed by atoms with Gasteiger partial charge in [-0.15, -0.1) is 5.10 Å². The summed E-state index contributed by atoms with van der Waals surface area (Å²) in [5.74, 6) is 0.462. The summed E-state index contributed by atoms with van der Waals surface area (Å²) in [7, 11) is 0. The van der Waals surface area contributed by atoms with E-state index >= 15 is 0 Å². The number of fused-ring (bicyclic) bond motifs is 1. The fraction of sp³-hybridized carbons (Fsp3) is 0.267. The monoisotopic (exact) mass is 296 g/mol. The van der Waals surface area contributed by atoms with Crippen LogP contribution in [0, 0.1) is 0 Å². The summed E-state index contributed by atoms with van der Waals surface area (Å²) >= 11 is 0. The first-order chi connectivity index (χ1) is 10.8. The van der Waals surface area contributed by atoms with E-state index in [4.69, 9.17) is 10.5 Å². The van der Waals surface area contributed by atoms with Crippen LogP contribution in [-0.2, 0) is 4.74 Å². The van der Waals surface area contributed by atoms with Gasteiger partial charge < -0.3 is 15.4 Å². The molecule has 4 heterocycles. The van der Waals surface area contributed by atoms with E-state index in [2.05, 4.69) is 20.0 Å². The van der Waals surface area contributed by atoms with Crippen LogP contribution in [0.15, 0.2) is 36.9 Å². The summed E-state index contributed by atoms with van der Waals surface area (Å²) in [5, 5.41) is 4.22. The maximum Gasteiger partial charge on any atom is 0.157 e. The number of rotatable bonds is 2. The minimum atomic E-state index is 0.462. The van der Waals surface area contributed by atoms with Crippen LogP contribution in [0.3, 0.4) is 0 Å². The molecule has 3 aromatic heterocycles. The molecule has 1 saturated heterocycles. The van der Waals surface area contributed by atoms with E-state index in [1.807, 2.05) is 30.9 Å². The second-order valence-electron chi connectivity index (χ2n) is 5.21. The van der Waals surface area contributed by atoms with Crippen molar-refractivity contribution in [2.24, 2.45) is 0 Å². The van der Waals surface area contributed by atoms with Crippen LogP contribution < -0.4 is 10.6 Å². The normalized spacial score (nSPS) is 15.4. The van der Waals surface area contributed by atoms with Gasteiger partial charge in [0.15, 0.2) is 5.65 Å². The van der Waals surface area contributed by atoms with Crippen LogP contribution in [0.4, 0.5) is 11.5 Å². The zero-order valence-corrected chi connectivity index (χ0v) is 12.0. The SMILES string of the molecule is Nc1cc2ncc(-c3cnccc3N3CCOCC3)cn2n1. The molecule has 7 nitrogen and oxygen atoms in total. The van der Waals surface area contributed by atoms with Crippen molar-refractivity contribution in [3.8, 4) is 11.1 Å². The minimum absolute atomic E-state index is 0.462. The van der Waals surface area contributed by atoms with Crippen molar-refractivity contribution in [3.63, 3.8) is 0 Å². The van der Waals surface area contributed by atoms with Crippen molar-refractivity contribution in [1.82, 2.24) is 19.6 Å². The molecule has 0 bridgehead atoms. The maximum absolute atomic E-state index is 5.72. The van der Waals surface area contributed by atoms with Crippen LogP contribution in [0.1, 0.15) is 0 Å². The molecule has 3 aromatic rings. The highest BCUT2D eigenvalue weighted by Crippen LogP contribution is 2.30. The third-order valence-corrected chi connectivity index (χ3v) is 3.79. The lowest BCUT2D eigenvalue weighted by Gasteiger charge is -2.30. The third kappa shape index (κ3) is 2.25. The molecule has 2 N–H and O–H groups in total.